The summed E-state index contributed by atoms with van der Waals surface area (Å²) < 4.78 is 10.9. The number of hydrogen-bond acceptors (Lipinski definition) is 6. The van der Waals surface area contributed by atoms with Crippen LogP contribution in [0.15, 0.2) is 36.5 Å². The lowest BCUT2D eigenvalue weighted by Crippen LogP contribution is -2.19. The molecule has 0 spiro atoms. The molecule has 0 aliphatic rings. The van der Waals surface area contributed by atoms with Crippen molar-refractivity contribution in [1.82, 2.24) is 9.78 Å². The predicted molar refractivity (Wildman–Crippen MR) is 89.4 cm³/mol. The van der Waals surface area contributed by atoms with E-state index in [1.807, 2.05) is 18.2 Å². The Morgan fingerprint density at radius 1 is 1.16 bits per heavy atom. The normalized spacial score (nSPS) is 10.2. The molecular formula is C17H19N3O5. The zero-order valence-electron chi connectivity index (χ0n) is 14.0. The lowest BCUT2D eigenvalue weighted by Gasteiger charge is -2.11. The molecule has 2 rings (SSSR count). The summed E-state index contributed by atoms with van der Waals surface area (Å²) in [4.78, 5) is 35.4. The highest BCUT2D eigenvalue weighted by atomic mass is 16.5. The van der Waals surface area contributed by atoms with Crippen LogP contribution in [0.1, 0.15) is 30.1 Å². The number of methoxy groups -OCH3 is 1. The number of esters is 2. The van der Waals surface area contributed by atoms with Crippen LogP contribution in [0.5, 0.6) is 0 Å². The van der Waals surface area contributed by atoms with Crippen LogP contribution in [0, 0.1) is 0 Å². The summed E-state index contributed by atoms with van der Waals surface area (Å²) in [5.41, 5.74) is 0.804. The van der Waals surface area contributed by atoms with Crippen LogP contribution >= 0.6 is 0 Å². The Morgan fingerprint density at radius 3 is 2.52 bits per heavy atom. The van der Waals surface area contributed by atoms with Gasteiger partial charge in [-0.3, -0.25) is 9.59 Å². The maximum absolute atomic E-state index is 12.1. The van der Waals surface area contributed by atoms with E-state index in [1.54, 1.807) is 19.1 Å². The molecule has 0 bridgehead atoms. The Balaban J connectivity index is 2.28. The topological polar surface area (TPSA) is 99.5 Å². The molecule has 8 nitrogen and oxygen atoms in total. The third-order valence-electron chi connectivity index (χ3n) is 3.31. The number of rotatable bonds is 7. The first-order valence-electron chi connectivity index (χ1n) is 7.74. The van der Waals surface area contributed by atoms with E-state index in [9.17, 15) is 14.4 Å². The van der Waals surface area contributed by atoms with Gasteiger partial charge in [-0.15, -0.1) is 0 Å². The Kier molecular flexibility index (Phi) is 6.27. The number of carbonyl (C=O) groups is 3. The molecule has 8 heteroatoms. The largest absolute Gasteiger partial charge is 0.469 e. The Labute approximate surface area is 144 Å². The first-order valence-corrected chi connectivity index (χ1v) is 7.74. The fourth-order valence-corrected chi connectivity index (χ4v) is 2.10. The summed E-state index contributed by atoms with van der Waals surface area (Å²) in [6.45, 7) is 1.89. The smallest absolute Gasteiger partial charge is 0.343 e. The average Bonchev–Trinajstić information content (AvgIpc) is 3.04. The number of amides is 1. The highest BCUT2D eigenvalue weighted by Crippen LogP contribution is 2.21. The predicted octanol–water partition coefficient (Wildman–Crippen LogP) is 1.94. The number of hydrogen-bond donors (Lipinski definition) is 1. The van der Waals surface area contributed by atoms with Crippen molar-refractivity contribution in [3.8, 4) is 5.69 Å². The molecule has 1 aromatic carbocycles. The number of benzene rings is 1. The molecule has 0 saturated carbocycles. The van der Waals surface area contributed by atoms with E-state index in [2.05, 4.69) is 15.2 Å². The number of anilines is 1. The van der Waals surface area contributed by atoms with Crippen LogP contribution < -0.4 is 5.32 Å². The highest BCUT2D eigenvalue weighted by Gasteiger charge is 2.21. The first kappa shape index (κ1) is 18.2. The Morgan fingerprint density at radius 2 is 1.88 bits per heavy atom. The zero-order chi connectivity index (χ0) is 18.2. The van der Waals surface area contributed by atoms with E-state index in [4.69, 9.17) is 4.74 Å². The molecule has 0 atom stereocenters. The maximum atomic E-state index is 12.1. The molecule has 0 aliphatic heterocycles. The van der Waals surface area contributed by atoms with Crippen LogP contribution in [0.25, 0.3) is 5.69 Å². The Hall–Kier alpha value is -3.16. The van der Waals surface area contributed by atoms with Crippen LogP contribution in [0.4, 0.5) is 5.82 Å². The number of ether oxygens (including phenoxy) is 2. The summed E-state index contributed by atoms with van der Waals surface area (Å²) >= 11 is 0. The number of carbonyl (C=O) groups excluding carboxylic acids is 3. The summed E-state index contributed by atoms with van der Waals surface area (Å²) in [6.07, 6.45) is 1.20. The van der Waals surface area contributed by atoms with Gasteiger partial charge in [0.05, 0.1) is 32.0 Å². The standard InChI is InChI=1S/C17H19N3O5/c1-3-25-17(23)13-11-18-20(12-7-5-4-6-8-12)16(13)19-14(21)9-10-15(22)24-2/h4-8,11H,3,9-10H2,1-2H3,(H,19,21). The van der Waals surface area contributed by atoms with Crippen molar-refractivity contribution in [3.63, 3.8) is 0 Å². The molecule has 1 heterocycles. The zero-order valence-corrected chi connectivity index (χ0v) is 14.0. The van der Waals surface area contributed by atoms with Crippen molar-refractivity contribution >= 4 is 23.7 Å². The quantitative estimate of drug-likeness (QED) is 0.770. The van der Waals surface area contributed by atoms with Crippen LogP contribution in [-0.4, -0.2) is 41.3 Å². The molecule has 0 fully saturated rings. The second-order valence-corrected chi connectivity index (χ2v) is 5.00. The van der Waals surface area contributed by atoms with Crippen molar-refractivity contribution in [2.75, 3.05) is 19.0 Å². The van der Waals surface area contributed by atoms with E-state index >= 15 is 0 Å². The van der Waals surface area contributed by atoms with Gasteiger partial charge in [0.1, 0.15) is 5.56 Å². The van der Waals surface area contributed by atoms with Crippen molar-refractivity contribution in [2.24, 2.45) is 0 Å². The fourth-order valence-electron chi connectivity index (χ4n) is 2.10. The third kappa shape index (κ3) is 4.66. The molecule has 1 amide bonds. The van der Waals surface area contributed by atoms with E-state index in [0.717, 1.165) is 0 Å². The highest BCUT2D eigenvalue weighted by molar-refractivity contribution is 6.01. The van der Waals surface area contributed by atoms with Gasteiger partial charge in [0.25, 0.3) is 0 Å². The average molecular weight is 345 g/mol. The molecule has 2 aromatic rings. The summed E-state index contributed by atoms with van der Waals surface area (Å²) in [5, 5.41) is 6.79. The number of aromatic nitrogens is 2. The van der Waals surface area contributed by atoms with Gasteiger partial charge < -0.3 is 14.8 Å². The maximum Gasteiger partial charge on any atom is 0.343 e. The molecule has 25 heavy (non-hydrogen) atoms. The van der Waals surface area contributed by atoms with Crippen LogP contribution in [0.2, 0.25) is 0 Å². The van der Waals surface area contributed by atoms with Gasteiger partial charge in [0.15, 0.2) is 5.82 Å². The molecule has 0 saturated heterocycles. The minimum absolute atomic E-state index is 0.0590. The van der Waals surface area contributed by atoms with E-state index < -0.39 is 17.8 Å². The monoisotopic (exact) mass is 345 g/mol. The van der Waals surface area contributed by atoms with Gasteiger partial charge >= 0.3 is 11.9 Å². The molecule has 0 unspecified atom stereocenters. The molecule has 132 valence electrons. The van der Waals surface area contributed by atoms with E-state index in [1.165, 1.54) is 18.0 Å². The third-order valence-corrected chi connectivity index (χ3v) is 3.31. The van der Waals surface area contributed by atoms with Gasteiger partial charge in [-0.1, -0.05) is 18.2 Å². The second kappa shape index (κ2) is 8.62. The lowest BCUT2D eigenvalue weighted by atomic mass is 10.2. The second-order valence-electron chi connectivity index (χ2n) is 5.00. The van der Waals surface area contributed by atoms with Gasteiger partial charge in [-0.05, 0) is 19.1 Å². The molecule has 1 N–H and O–H groups in total. The fraction of sp³-hybridized carbons (Fsp3) is 0.294. The SMILES string of the molecule is CCOC(=O)c1cnn(-c2ccccc2)c1NC(=O)CCC(=O)OC. The minimum Gasteiger partial charge on any atom is -0.469 e. The number of nitrogens with zero attached hydrogens (tertiary/aromatic N) is 2. The number of nitrogens with one attached hydrogen (secondary N) is 1. The molecule has 1 aromatic heterocycles. The van der Waals surface area contributed by atoms with Gasteiger partial charge in [0.2, 0.25) is 5.91 Å². The number of para-hydroxylation sites is 1. The van der Waals surface area contributed by atoms with E-state index in [-0.39, 0.29) is 30.8 Å². The minimum atomic E-state index is -0.590. The van der Waals surface area contributed by atoms with Gasteiger partial charge in [-0.2, -0.15) is 5.10 Å². The lowest BCUT2D eigenvalue weighted by molar-refractivity contribution is -0.141. The molecular weight excluding hydrogens is 326 g/mol. The van der Waals surface area contributed by atoms with Gasteiger partial charge in [-0.25, -0.2) is 9.48 Å². The molecule has 0 radical (unpaired) electrons. The van der Waals surface area contributed by atoms with E-state index in [0.29, 0.717) is 5.69 Å². The van der Waals surface area contributed by atoms with Crippen molar-refractivity contribution < 1.29 is 23.9 Å². The molecule has 0 aliphatic carbocycles. The van der Waals surface area contributed by atoms with Crippen molar-refractivity contribution in [2.45, 2.75) is 19.8 Å². The Bertz CT molecular complexity index is 755. The van der Waals surface area contributed by atoms with Crippen LogP contribution in [-0.2, 0) is 19.1 Å². The van der Waals surface area contributed by atoms with Crippen molar-refractivity contribution in [1.29, 1.82) is 0 Å². The van der Waals surface area contributed by atoms with Crippen molar-refractivity contribution in [3.05, 3.63) is 42.1 Å². The van der Waals surface area contributed by atoms with Crippen LogP contribution in [0.3, 0.4) is 0 Å². The van der Waals surface area contributed by atoms with Gasteiger partial charge in [0, 0.05) is 6.42 Å². The summed E-state index contributed by atoms with van der Waals surface area (Å²) in [7, 11) is 1.25. The summed E-state index contributed by atoms with van der Waals surface area (Å²) in [5.74, 6) is -1.32. The first-order chi connectivity index (χ1) is 12.1. The summed E-state index contributed by atoms with van der Waals surface area (Å²) in [6, 6.07) is 9.03.